The van der Waals surface area contributed by atoms with Gasteiger partial charge in [0, 0.05) is 11.6 Å². The number of benzene rings is 1. The molecule has 17 heavy (non-hydrogen) atoms. The molecule has 0 heterocycles. The first-order valence-electron chi connectivity index (χ1n) is 5.47. The van der Waals surface area contributed by atoms with E-state index in [4.69, 9.17) is 0 Å². The SMILES string of the molecule is CNC(c1cc(C(F)(F)F)ccc1F)C1CC1. The van der Waals surface area contributed by atoms with Crippen LogP contribution in [0, 0.1) is 11.7 Å². The quantitative estimate of drug-likeness (QED) is 0.806. The second-order valence-electron chi connectivity index (χ2n) is 4.34. The van der Waals surface area contributed by atoms with E-state index < -0.39 is 17.6 Å². The number of alkyl halides is 3. The Balaban J connectivity index is 2.37. The third kappa shape index (κ3) is 2.60. The summed E-state index contributed by atoms with van der Waals surface area (Å²) < 4.78 is 51.2. The van der Waals surface area contributed by atoms with E-state index in [1.807, 2.05) is 0 Å². The van der Waals surface area contributed by atoms with Crippen LogP contribution in [0.1, 0.15) is 30.0 Å². The Bertz CT molecular complexity index is 409. The summed E-state index contributed by atoms with van der Waals surface area (Å²) in [5.74, 6) is -0.331. The molecule has 0 radical (unpaired) electrons. The minimum atomic E-state index is -4.43. The van der Waals surface area contributed by atoms with Crippen LogP contribution in [-0.4, -0.2) is 7.05 Å². The molecule has 0 amide bonds. The van der Waals surface area contributed by atoms with Gasteiger partial charge in [0.05, 0.1) is 5.56 Å². The van der Waals surface area contributed by atoms with Crippen LogP contribution in [0.25, 0.3) is 0 Å². The van der Waals surface area contributed by atoms with Crippen LogP contribution in [0.4, 0.5) is 17.6 Å². The minimum absolute atomic E-state index is 0.116. The first-order valence-corrected chi connectivity index (χ1v) is 5.47. The average molecular weight is 247 g/mol. The molecule has 1 saturated carbocycles. The highest BCUT2D eigenvalue weighted by molar-refractivity contribution is 5.30. The highest BCUT2D eigenvalue weighted by Crippen LogP contribution is 2.42. The van der Waals surface area contributed by atoms with Crippen molar-refractivity contribution in [2.45, 2.75) is 25.1 Å². The van der Waals surface area contributed by atoms with Crippen molar-refractivity contribution >= 4 is 0 Å². The van der Waals surface area contributed by atoms with E-state index in [0.717, 1.165) is 31.0 Å². The van der Waals surface area contributed by atoms with E-state index in [1.165, 1.54) is 0 Å². The average Bonchev–Trinajstić information content (AvgIpc) is 3.04. The molecular formula is C12H13F4N. The van der Waals surface area contributed by atoms with Gasteiger partial charge in [0.25, 0.3) is 0 Å². The Morgan fingerprint density at radius 3 is 2.41 bits per heavy atom. The molecule has 5 heteroatoms. The van der Waals surface area contributed by atoms with Crippen LogP contribution >= 0.6 is 0 Å². The van der Waals surface area contributed by atoms with E-state index in [9.17, 15) is 17.6 Å². The molecule has 1 N–H and O–H groups in total. The first kappa shape index (κ1) is 12.4. The van der Waals surface area contributed by atoms with E-state index in [1.54, 1.807) is 7.05 Å². The molecule has 1 unspecified atom stereocenters. The third-order valence-corrected chi connectivity index (χ3v) is 3.06. The zero-order valence-corrected chi connectivity index (χ0v) is 9.31. The molecule has 1 fully saturated rings. The Morgan fingerprint density at radius 2 is 1.94 bits per heavy atom. The second-order valence-corrected chi connectivity index (χ2v) is 4.34. The van der Waals surface area contributed by atoms with Gasteiger partial charge in [-0.1, -0.05) is 0 Å². The summed E-state index contributed by atoms with van der Waals surface area (Å²) >= 11 is 0. The summed E-state index contributed by atoms with van der Waals surface area (Å²) in [4.78, 5) is 0. The lowest BCUT2D eigenvalue weighted by atomic mass is 9.99. The van der Waals surface area contributed by atoms with Gasteiger partial charge < -0.3 is 5.32 Å². The Morgan fingerprint density at radius 1 is 1.29 bits per heavy atom. The molecule has 94 valence electrons. The topological polar surface area (TPSA) is 12.0 Å². The fraction of sp³-hybridized carbons (Fsp3) is 0.500. The maximum absolute atomic E-state index is 13.6. The van der Waals surface area contributed by atoms with E-state index in [2.05, 4.69) is 5.32 Å². The van der Waals surface area contributed by atoms with Gasteiger partial charge in [0.15, 0.2) is 0 Å². The number of hydrogen-bond donors (Lipinski definition) is 1. The van der Waals surface area contributed by atoms with Crippen molar-refractivity contribution in [2.75, 3.05) is 7.05 Å². The van der Waals surface area contributed by atoms with Crippen LogP contribution in [0.15, 0.2) is 18.2 Å². The zero-order chi connectivity index (χ0) is 12.6. The highest BCUT2D eigenvalue weighted by Gasteiger charge is 2.36. The largest absolute Gasteiger partial charge is 0.416 e. The van der Waals surface area contributed by atoms with Gasteiger partial charge in [0.1, 0.15) is 5.82 Å². The van der Waals surface area contributed by atoms with E-state index >= 15 is 0 Å². The van der Waals surface area contributed by atoms with Crippen LogP contribution in [-0.2, 0) is 6.18 Å². The lowest BCUT2D eigenvalue weighted by Gasteiger charge is -2.18. The third-order valence-electron chi connectivity index (χ3n) is 3.06. The van der Waals surface area contributed by atoms with E-state index in [0.29, 0.717) is 0 Å². The lowest BCUT2D eigenvalue weighted by Crippen LogP contribution is -2.20. The minimum Gasteiger partial charge on any atom is -0.313 e. The smallest absolute Gasteiger partial charge is 0.313 e. The molecule has 1 atom stereocenters. The lowest BCUT2D eigenvalue weighted by molar-refractivity contribution is -0.137. The second kappa shape index (κ2) is 4.29. The van der Waals surface area contributed by atoms with Crippen molar-refractivity contribution in [3.8, 4) is 0 Å². The molecule has 0 bridgehead atoms. The Hall–Kier alpha value is -1.10. The normalized spacial score (nSPS) is 18.2. The van der Waals surface area contributed by atoms with E-state index in [-0.39, 0.29) is 17.5 Å². The van der Waals surface area contributed by atoms with Crippen LogP contribution in [0.5, 0.6) is 0 Å². The molecular weight excluding hydrogens is 234 g/mol. The maximum Gasteiger partial charge on any atom is 0.416 e. The molecule has 2 rings (SSSR count). The van der Waals surface area contributed by atoms with Crippen LogP contribution in [0.2, 0.25) is 0 Å². The standard InChI is InChI=1S/C12H13F4N/c1-17-11(7-2-3-7)9-6-8(12(14,15)16)4-5-10(9)13/h4-7,11,17H,2-3H2,1H3. The summed E-state index contributed by atoms with van der Waals surface area (Å²) in [5, 5.41) is 2.89. The van der Waals surface area contributed by atoms with Crippen LogP contribution < -0.4 is 5.32 Å². The fourth-order valence-corrected chi connectivity index (χ4v) is 2.03. The summed E-state index contributed by atoms with van der Waals surface area (Å²) in [6.45, 7) is 0. The molecule has 0 aromatic heterocycles. The van der Waals surface area contributed by atoms with Crippen molar-refractivity contribution in [1.82, 2.24) is 5.32 Å². The number of rotatable bonds is 3. The van der Waals surface area contributed by atoms with Gasteiger partial charge in [-0.25, -0.2) is 4.39 Å². The molecule has 1 aliphatic carbocycles. The van der Waals surface area contributed by atoms with Gasteiger partial charge in [-0.15, -0.1) is 0 Å². The van der Waals surface area contributed by atoms with Crippen LogP contribution in [0.3, 0.4) is 0 Å². The number of nitrogens with one attached hydrogen (secondary N) is 1. The van der Waals surface area contributed by atoms with Crippen molar-refractivity contribution in [3.05, 3.63) is 35.1 Å². The molecule has 0 saturated heterocycles. The maximum atomic E-state index is 13.6. The summed E-state index contributed by atoms with van der Waals surface area (Å²) in [6.07, 6.45) is -2.56. The molecule has 0 aliphatic heterocycles. The summed E-state index contributed by atoms with van der Waals surface area (Å²) in [6, 6.07) is 2.26. The van der Waals surface area contributed by atoms with Gasteiger partial charge in [-0.3, -0.25) is 0 Å². The van der Waals surface area contributed by atoms with Gasteiger partial charge in [-0.05, 0) is 44.0 Å². The van der Waals surface area contributed by atoms with Gasteiger partial charge in [-0.2, -0.15) is 13.2 Å². The molecule has 1 nitrogen and oxygen atoms in total. The predicted molar refractivity (Wildman–Crippen MR) is 55.9 cm³/mol. The number of halogens is 4. The molecule has 1 aliphatic rings. The van der Waals surface area contributed by atoms with Gasteiger partial charge >= 0.3 is 6.18 Å². The van der Waals surface area contributed by atoms with Crippen molar-refractivity contribution in [2.24, 2.45) is 5.92 Å². The molecule has 0 spiro atoms. The predicted octanol–water partition coefficient (Wildman–Crippen LogP) is 3.52. The van der Waals surface area contributed by atoms with Crippen molar-refractivity contribution in [1.29, 1.82) is 0 Å². The Labute approximate surface area is 96.8 Å². The van der Waals surface area contributed by atoms with Crippen molar-refractivity contribution < 1.29 is 17.6 Å². The fourth-order valence-electron chi connectivity index (χ4n) is 2.03. The number of hydrogen-bond acceptors (Lipinski definition) is 1. The molecule has 1 aromatic carbocycles. The summed E-state index contributed by atoms with van der Waals surface area (Å²) in [5.41, 5.74) is -0.681. The molecule has 1 aromatic rings. The Kier molecular flexibility index (Phi) is 3.12. The van der Waals surface area contributed by atoms with Crippen molar-refractivity contribution in [3.63, 3.8) is 0 Å². The monoisotopic (exact) mass is 247 g/mol. The zero-order valence-electron chi connectivity index (χ0n) is 9.31. The summed E-state index contributed by atoms with van der Waals surface area (Å²) in [7, 11) is 1.64. The first-order chi connectivity index (χ1) is 7.93. The highest BCUT2D eigenvalue weighted by atomic mass is 19.4. The van der Waals surface area contributed by atoms with Gasteiger partial charge in [0.2, 0.25) is 0 Å².